The van der Waals surface area contributed by atoms with Crippen LogP contribution in [0.25, 0.3) is 0 Å². The van der Waals surface area contributed by atoms with Crippen LogP contribution in [0.3, 0.4) is 0 Å². The molecule has 0 bridgehead atoms. The summed E-state index contributed by atoms with van der Waals surface area (Å²) in [5.74, 6) is -1.63. The maximum atomic E-state index is 13.4. The summed E-state index contributed by atoms with van der Waals surface area (Å²) >= 11 is 3.07. The van der Waals surface area contributed by atoms with Gasteiger partial charge in [0, 0.05) is 4.47 Å². The Morgan fingerprint density at radius 3 is 2.35 bits per heavy atom. The maximum absolute atomic E-state index is 13.4. The van der Waals surface area contributed by atoms with Crippen molar-refractivity contribution in [1.29, 1.82) is 0 Å². The predicted molar refractivity (Wildman–Crippen MR) is 75.9 cm³/mol. The van der Waals surface area contributed by atoms with E-state index < -0.39 is 11.6 Å². The second-order valence-electron chi connectivity index (χ2n) is 3.93. The first-order valence-corrected chi connectivity index (χ1v) is 6.62. The molecule has 2 rings (SSSR count). The Balaban J connectivity index is 1.89. The van der Waals surface area contributed by atoms with Crippen LogP contribution >= 0.6 is 15.9 Å². The van der Waals surface area contributed by atoms with Crippen molar-refractivity contribution >= 4 is 21.6 Å². The van der Waals surface area contributed by atoms with Crippen LogP contribution in [0.1, 0.15) is 0 Å². The summed E-state index contributed by atoms with van der Waals surface area (Å²) in [5, 5.41) is 0. The van der Waals surface area contributed by atoms with E-state index in [1.165, 1.54) is 6.07 Å². The van der Waals surface area contributed by atoms with Gasteiger partial charge in [-0.05, 0) is 24.3 Å². The summed E-state index contributed by atoms with van der Waals surface area (Å²) in [6, 6.07) is 9.39. The molecule has 0 aliphatic rings. The van der Waals surface area contributed by atoms with Crippen molar-refractivity contribution in [3.05, 3.63) is 52.5 Å². The molecule has 20 heavy (non-hydrogen) atoms. The van der Waals surface area contributed by atoms with E-state index in [9.17, 15) is 8.78 Å². The van der Waals surface area contributed by atoms with Crippen molar-refractivity contribution in [3.63, 3.8) is 0 Å². The average molecular weight is 344 g/mol. The lowest BCUT2D eigenvalue weighted by atomic mass is 10.3. The van der Waals surface area contributed by atoms with Gasteiger partial charge in [-0.15, -0.1) is 0 Å². The van der Waals surface area contributed by atoms with E-state index in [0.29, 0.717) is 15.9 Å². The molecule has 2 N–H and O–H groups in total. The van der Waals surface area contributed by atoms with Crippen LogP contribution in [0, 0.1) is 11.6 Å². The van der Waals surface area contributed by atoms with Gasteiger partial charge in [0.05, 0.1) is 5.69 Å². The Kier molecular flexibility index (Phi) is 4.79. The van der Waals surface area contributed by atoms with Crippen molar-refractivity contribution in [2.45, 2.75) is 0 Å². The second kappa shape index (κ2) is 6.56. The van der Waals surface area contributed by atoms with Crippen molar-refractivity contribution in [3.8, 4) is 11.5 Å². The number of nitrogen functional groups attached to an aromatic ring is 1. The minimum absolute atomic E-state index is 0.0706. The minimum Gasteiger partial charge on any atom is -0.488 e. The fraction of sp³-hybridized carbons (Fsp3) is 0.143. The van der Waals surface area contributed by atoms with Gasteiger partial charge < -0.3 is 15.2 Å². The van der Waals surface area contributed by atoms with Crippen molar-refractivity contribution in [1.82, 2.24) is 0 Å². The summed E-state index contributed by atoms with van der Waals surface area (Å²) in [4.78, 5) is 0. The normalized spacial score (nSPS) is 10.3. The summed E-state index contributed by atoms with van der Waals surface area (Å²) in [7, 11) is 0. The molecule has 6 heteroatoms. The molecule has 0 spiro atoms. The molecule has 2 aromatic carbocycles. The molecule has 0 atom stereocenters. The number of hydrogen-bond acceptors (Lipinski definition) is 3. The first-order valence-electron chi connectivity index (χ1n) is 5.82. The molecule has 106 valence electrons. The van der Waals surface area contributed by atoms with E-state index in [1.807, 2.05) is 0 Å². The first kappa shape index (κ1) is 14.6. The van der Waals surface area contributed by atoms with Crippen LogP contribution in [-0.4, -0.2) is 13.2 Å². The van der Waals surface area contributed by atoms with Gasteiger partial charge >= 0.3 is 0 Å². The Labute approximate surface area is 123 Å². The highest BCUT2D eigenvalue weighted by atomic mass is 79.9. The van der Waals surface area contributed by atoms with Crippen LogP contribution in [0.2, 0.25) is 0 Å². The van der Waals surface area contributed by atoms with Gasteiger partial charge in [0.15, 0.2) is 11.6 Å². The molecule has 0 aliphatic carbocycles. The van der Waals surface area contributed by atoms with E-state index in [-0.39, 0.29) is 19.0 Å². The van der Waals surface area contributed by atoms with Gasteiger partial charge in [0.2, 0.25) is 5.82 Å². The molecule has 0 amide bonds. The summed E-state index contributed by atoms with van der Waals surface area (Å²) in [6.07, 6.45) is 0. The highest BCUT2D eigenvalue weighted by Gasteiger charge is 2.11. The molecule has 2 aromatic rings. The predicted octanol–water partition coefficient (Wildman–Crippen LogP) is 3.77. The second-order valence-corrected chi connectivity index (χ2v) is 4.85. The lowest BCUT2D eigenvalue weighted by Gasteiger charge is -2.11. The van der Waals surface area contributed by atoms with Crippen LogP contribution < -0.4 is 15.2 Å². The third-order valence-corrected chi connectivity index (χ3v) is 2.93. The van der Waals surface area contributed by atoms with Gasteiger partial charge in [0.1, 0.15) is 19.0 Å². The molecule has 0 saturated carbocycles. The number of rotatable bonds is 5. The van der Waals surface area contributed by atoms with Gasteiger partial charge in [0.25, 0.3) is 0 Å². The van der Waals surface area contributed by atoms with Crippen LogP contribution in [0.5, 0.6) is 11.5 Å². The highest BCUT2D eigenvalue weighted by molar-refractivity contribution is 9.10. The summed E-state index contributed by atoms with van der Waals surface area (Å²) < 4.78 is 37.5. The molecule has 0 fully saturated rings. The van der Waals surface area contributed by atoms with Crippen LogP contribution in [0.15, 0.2) is 40.9 Å². The standard InChI is InChI=1S/C14H12BrF2NO2/c15-9-7-10(16)14(17)13(8-9)20-6-5-19-12-4-2-1-3-11(12)18/h1-4,7-8H,5-6,18H2. The van der Waals surface area contributed by atoms with Gasteiger partial charge in [-0.3, -0.25) is 0 Å². The Morgan fingerprint density at radius 2 is 1.65 bits per heavy atom. The third kappa shape index (κ3) is 3.60. The van der Waals surface area contributed by atoms with Crippen molar-refractivity contribution < 1.29 is 18.3 Å². The Hall–Kier alpha value is -1.82. The third-order valence-electron chi connectivity index (χ3n) is 2.48. The molecule has 0 saturated heterocycles. The van der Waals surface area contributed by atoms with Crippen molar-refractivity contribution in [2.24, 2.45) is 0 Å². The number of para-hydroxylation sites is 2. The number of halogens is 3. The lowest BCUT2D eigenvalue weighted by Crippen LogP contribution is -2.11. The quantitative estimate of drug-likeness (QED) is 0.510. The van der Waals surface area contributed by atoms with E-state index >= 15 is 0 Å². The number of anilines is 1. The highest BCUT2D eigenvalue weighted by Crippen LogP contribution is 2.25. The molecule has 0 heterocycles. The zero-order chi connectivity index (χ0) is 14.5. The number of hydrogen-bond donors (Lipinski definition) is 1. The summed E-state index contributed by atoms with van der Waals surface area (Å²) in [6.45, 7) is 0.239. The number of ether oxygens (including phenoxy) is 2. The molecular weight excluding hydrogens is 332 g/mol. The monoisotopic (exact) mass is 343 g/mol. The minimum atomic E-state index is -1.02. The average Bonchev–Trinajstić information content (AvgIpc) is 2.41. The molecule has 0 aromatic heterocycles. The van der Waals surface area contributed by atoms with Crippen LogP contribution in [-0.2, 0) is 0 Å². The zero-order valence-corrected chi connectivity index (χ0v) is 12.0. The lowest BCUT2D eigenvalue weighted by molar-refractivity contribution is 0.210. The van der Waals surface area contributed by atoms with Crippen LogP contribution in [0.4, 0.5) is 14.5 Å². The van der Waals surface area contributed by atoms with E-state index in [0.717, 1.165) is 6.07 Å². The number of benzene rings is 2. The van der Waals surface area contributed by atoms with Gasteiger partial charge in [-0.2, -0.15) is 4.39 Å². The first-order chi connectivity index (χ1) is 9.58. The zero-order valence-electron chi connectivity index (χ0n) is 10.4. The molecule has 0 aliphatic heterocycles. The van der Waals surface area contributed by atoms with E-state index in [4.69, 9.17) is 15.2 Å². The number of nitrogens with two attached hydrogens (primary N) is 1. The fourth-order valence-corrected chi connectivity index (χ4v) is 1.96. The molecule has 0 radical (unpaired) electrons. The smallest absolute Gasteiger partial charge is 0.200 e. The van der Waals surface area contributed by atoms with Gasteiger partial charge in [-0.25, -0.2) is 4.39 Å². The van der Waals surface area contributed by atoms with E-state index in [2.05, 4.69) is 15.9 Å². The Morgan fingerprint density at radius 1 is 1.00 bits per heavy atom. The van der Waals surface area contributed by atoms with Crippen molar-refractivity contribution in [2.75, 3.05) is 18.9 Å². The largest absolute Gasteiger partial charge is 0.488 e. The SMILES string of the molecule is Nc1ccccc1OCCOc1cc(Br)cc(F)c1F. The Bertz CT molecular complexity index is 608. The molecular formula is C14H12BrF2NO2. The molecule has 3 nitrogen and oxygen atoms in total. The fourth-order valence-electron chi connectivity index (χ4n) is 1.55. The maximum Gasteiger partial charge on any atom is 0.200 e. The topological polar surface area (TPSA) is 44.5 Å². The summed E-state index contributed by atoms with van der Waals surface area (Å²) in [5.41, 5.74) is 6.20. The van der Waals surface area contributed by atoms with Gasteiger partial charge in [-0.1, -0.05) is 28.1 Å². The van der Waals surface area contributed by atoms with E-state index in [1.54, 1.807) is 24.3 Å². The molecule has 0 unspecified atom stereocenters.